The maximum Gasteiger partial charge on any atom is 0.100 e. The fourth-order valence-corrected chi connectivity index (χ4v) is 3.52. The van der Waals surface area contributed by atoms with Crippen LogP contribution in [-0.4, -0.2) is 29.1 Å². The molecule has 0 aromatic heterocycles. The van der Waals surface area contributed by atoms with Gasteiger partial charge in [-0.05, 0) is 19.3 Å². The number of unbranched alkanes of at least 4 members (excludes halogenated alkanes) is 9. The molecular formula is C20H40N2. The van der Waals surface area contributed by atoms with Crippen molar-refractivity contribution in [3.63, 3.8) is 0 Å². The van der Waals surface area contributed by atoms with E-state index in [4.69, 9.17) is 0 Å². The quantitative estimate of drug-likeness (QED) is 0.355. The lowest BCUT2D eigenvalue weighted by Crippen LogP contribution is -2.38. The van der Waals surface area contributed by atoms with Gasteiger partial charge < -0.3 is 9.80 Å². The van der Waals surface area contributed by atoms with Crippen LogP contribution in [0.25, 0.3) is 0 Å². The third-order valence-electron chi connectivity index (χ3n) is 4.83. The van der Waals surface area contributed by atoms with E-state index in [9.17, 15) is 0 Å². The topological polar surface area (TPSA) is 6.48 Å². The van der Waals surface area contributed by atoms with Gasteiger partial charge in [-0.2, -0.15) is 0 Å². The molecule has 1 aliphatic rings. The minimum Gasteiger partial charge on any atom is -0.356 e. The van der Waals surface area contributed by atoms with Crippen LogP contribution in [0.15, 0.2) is 12.4 Å². The molecule has 0 aromatic carbocycles. The van der Waals surface area contributed by atoms with Crippen molar-refractivity contribution >= 4 is 0 Å². The number of nitrogens with zero attached hydrogens (tertiary/aromatic N) is 2. The van der Waals surface area contributed by atoms with E-state index >= 15 is 0 Å². The summed E-state index contributed by atoms with van der Waals surface area (Å²) in [5.74, 6) is 0. The van der Waals surface area contributed by atoms with Gasteiger partial charge in [0.05, 0.1) is 0 Å². The Bertz CT molecular complexity index is 275. The van der Waals surface area contributed by atoms with E-state index in [0.29, 0.717) is 6.17 Å². The molecule has 0 spiro atoms. The Morgan fingerprint density at radius 2 is 1.09 bits per heavy atom. The molecule has 1 atom stereocenters. The van der Waals surface area contributed by atoms with Crippen molar-refractivity contribution in [2.75, 3.05) is 13.1 Å². The first-order valence-corrected chi connectivity index (χ1v) is 10.0. The third-order valence-corrected chi connectivity index (χ3v) is 4.83. The number of hydrogen-bond acceptors (Lipinski definition) is 2. The summed E-state index contributed by atoms with van der Waals surface area (Å²) in [5, 5.41) is 0. The molecule has 1 rings (SSSR count). The highest BCUT2D eigenvalue weighted by Crippen LogP contribution is 2.20. The van der Waals surface area contributed by atoms with E-state index in [0.717, 1.165) is 0 Å². The molecule has 2 heteroatoms. The van der Waals surface area contributed by atoms with Crippen molar-refractivity contribution in [2.45, 2.75) is 104 Å². The van der Waals surface area contributed by atoms with Crippen LogP contribution >= 0.6 is 0 Å². The molecule has 22 heavy (non-hydrogen) atoms. The van der Waals surface area contributed by atoms with Crippen LogP contribution in [0, 0.1) is 0 Å². The Balaban J connectivity index is 1.97. The van der Waals surface area contributed by atoms with Crippen LogP contribution < -0.4 is 0 Å². The normalized spacial score (nSPS) is 17.7. The van der Waals surface area contributed by atoms with Gasteiger partial charge in [0.1, 0.15) is 6.17 Å². The first-order chi connectivity index (χ1) is 10.8. The Hall–Kier alpha value is -0.660. The van der Waals surface area contributed by atoms with E-state index in [-0.39, 0.29) is 0 Å². The van der Waals surface area contributed by atoms with Gasteiger partial charge in [0.25, 0.3) is 0 Å². The summed E-state index contributed by atoms with van der Waals surface area (Å²) < 4.78 is 0. The lowest BCUT2D eigenvalue weighted by Gasteiger charge is -2.32. The summed E-state index contributed by atoms with van der Waals surface area (Å²) in [6.07, 6.45) is 22.0. The van der Waals surface area contributed by atoms with E-state index in [1.54, 1.807) is 0 Å². The van der Waals surface area contributed by atoms with Gasteiger partial charge >= 0.3 is 0 Å². The minimum atomic E-state index is 0.624. The molecule has 0 N–H and O–H groups in total. The van der Waals surface area contributed by atoms with Crippen molar-refractivity contribution in [3.05, 3.63) is 12.4 Å². The zero-order chi connectivity index (χ0) is 16.0. The van der Waals surface area contributed by atoms with Crippen molar-refractivity contribution in [2.24, 2.45) is 0 Å². The van der Waals surface area contributed by atoms with Gasteiger partial charge in [0, 0.05) is 25.5 Å². The molecule has 0 amide bonds. The lowest BCUT2D eigenvalue weighted by molar-refractivity contribution is 0.146. The lowest BCUT2D eigenvalue weighted by atomic mass is 10.1. The highest BCUT2D eigenvalue weighted by molar-refractivity contribution is 4.96. The second-order valence-corrected chi connectivity index (χ2v) is 6.84. The fourth-order valence-electron chi connectivity index (χ4n) is 3.52. The first-order valence-electron chi connectivity index (χ1n) is 10.0. The fraction of sp³-hybridized carbons (Fsp3) is 0.900. The summed E-state index contributed by atoms with van der Waals surface area (Å²) in [6.45, 7) is 9.31. The molecule has 0 bridgehead atoms. The van der Waals surface area contributed by atoms with Gasteiger partial charge in [-0.1, -0.05) is 78.6 Å². The Kier molecular flexibility index (Phi) is 11.3. The van der Waals surface area contributed by atoms with E-state index < -0.39 is 0 Å². The Labute approximate surface area is 139 Å². The zero-order valence-corrected chi connectivity index (χ0v) is 15.5. The molecule has 0 radical (unpaired) electrons. The monoisotopic (exact) mass is 308 g/mol. The van der Waals surface area contributed by atoms with Crippen LogP contribution in [0.1, 0.15) is 97.8 Å². The second-order valence-electron chi connectivity index (χ2n) is 6.84. The summed E-state index contributed by atoms with van der Waals surface area (Å²) in [6, 6.07) is 0. The number of rotatable bonds is 14. The van der Waals surface area contributed by atoms with E-state index in [1.807, 2.05) is 0 Å². The molecule has 130 valence electrons. The predicted octanol–water partition coefficient (Wildman–Crippen LogP) is 6.14. The van der Waals surface area contributed by atoms with Crippen molar-refractivity contribution in [3.8, 4) is 0 Å². The molecule has 1 heterocycles. The molecule has 0 aromatic rings. The maximum atomic E-state index is 2.56. The first kappa shape index (κ1) is 19.4. The highest BCUT2D eigenvalue weighted by Gasteiger charge is 2.22. The van der Waals surface area contributed by atoms with Gasteiger partial charge in [-0.25, -0.2) is 0 Å². The van der Waals surface area contributed by atoms with Gasteiger partial charge in [-0.3, -0.25) is 0 Å². The van der Waals surface area contributed by atoms with E-state index in [2.05, 4.69) is 43.0 Å². The summed E-state index contributed by atoms with van der Waals surface area (Å²) in [4.78, 5) is 5.07. The van der Waals surface area contributed by atoms with Crippen molar-refractivity contribution in [1.29, 1.82) is 0 Å². The third kappa shape index (κ3) is 7.56. The highest BCUT2D eigenvalue weighted by atomic mass is 15.4. The van der Waals surface area contributed by atoms with Gasteiger partial charge in [0.2, 0.25) is 0 Å². The predicted molar refractivity (Wildman–Crippen MR) is 98.8 cm³/mol. The van der Waals surface area contributed by atoms with Crippen LogP contribution in [0.2, 0.25) is 0 Å². The molecular weight excluding hydrogens is 268 g/mol. The van der Waals surface area contributed by atoms with Gasteiger partial charge in [-0.15, -0.1) is 0 Å². The van der Waals surface area contributed by atoms with Crippen LogP contribution in [0.5, 0.6) is 0 Å². The second kappa shape index (κ2) is 12.8. The molecule has 2 nitrogen and oxygen atoms in total. The molecule has 0 saturated carbocycles. The molecule has 0 aliphatic carbocycles. The van der Waals surface area contributed by atoms with E-state index in [1.165, 1.54) is 90.1 Å². The van der Waals surface area contributed by atoms with Crippen LogP contribution in [0.3, 0.4) is 0 Å². The van der Waals surface area contributed by atoms with Crippen LogP contribution in [0.4, 0.5) is 0 Å². The summed E-state index contributed by atoms with van der Waals surface area (Å²) >= 11 is 0. The number of hydrogen-bond donors (Lipinski definition) is 0. The zero-order valence-electron chi connectivity index (χ0n) is 15.5. The molecule has 1 aliphatic heterocycles. The molecule has 0 saturated heterocycles. The SMILES string of the molecule is CCCCCCCCCCCCN1C=CN(CCC)C1CC. The average Bonchev–Trinajstić information content (AvgIpc) is 2.91. The Morgan fingerprint density at radius 3 is 1.59 bits per heavy atom. The van der Waals surface area contributed by atoms with Crippen molar-refractivity contribution < 1.29 is 0 Å². The standard InChI is InChI=1S/C20H40N2/c1-4-7-8-9-10-11-12-13-14-15-17-22-19-18-21(16-5-2)20(22)6-3/h18-20H,4-17H2,1-3H3. The molecule has 0 fully saturated rings. The molecule has 1 unspecified atom stereocenters. The smallest absolute Gasteiger partial charge is 0.100 e. The van der Waals surface area contributed by atoms with Gasteiger partial charge in [0.15, 0.2) is 0 Å². The summed E-state index contributed by atoms with van der Waals surface area (Å²) in [5.41, 5.74) is 0. The summed E-state index contributed by atoms with van der Waals surface area (Å²) in [7, 11) is 0. The maximum absolute atomic E-state index is 2.56. The largest absolute Gasteiger partial charge is 0.356 e. The van der Waals surface area contributed by atoms with Crippen LogP contribution in [-0.2, 0) is 0 Å². The van der Waals surface area contributed by atoms with Crippen molar-refractivity contribution in [1.82, 2.24) is 9.80 Å². The minimum absolute atomic E-state index is 0.624. The average molecular weight is 309 g/mol. The Morgan fingerprint density at radius 1 is 0.591 bits per heavy atom.